The maximum absolute atomic E-state index is 10.0. The summed E-state index contributed by atoms with van der Waals surface area (Å²) in [5.41, 5.74) is 19.9. The lowest BCUT2D eigenvalue weighted by atomic mass is 10.1. The average Bonchev–Trinajstić information content (AvgIpc) is 3.27. The van der Waals surface area contributed by atoms with Gasteiger partial charge in [-0.2, -0.15) is 0 Å². The van der Waals surface area contributed by atoms with Gasteiger partial charge in [0.15, 0.2) is 0 Å². The Labute approximate surface area is 158 Å². The average molecular weight is 364 g/mol. The molecule has 7 heteroatoms. The minimum Gasteiger partial charge on any atom is -0.507 e. The van der Waals surface area contributed by atoms with Crippen LogP contribution in [0, 0.1) is 0 Å². The fraction of sp³-hybridized carbons (Fsp3) is 0.250. The van der Waals surface area contributed by atoms with E-state index in [4.69, 9.17) is 17.2 Å². The molecule has 2 fully saturated rings. The van der Waals surface area contributed by atoms with Crippen molar-refractivity contribution in [3.63, 3.8) is 0 Å². The van der Waals surface area contributed by atoms with Gasteiger partial charge in [-0.3, -0.25) is 0 Å². The first-order valence-corrected chi connectivity index (χ1v) is 8.99. The first kappa shape index (κ1) is 17.1. The van der Waals surface area contributed by atoms with E-state index in [0.717, 1.165) is 25.3 Å². The molecule has 7 N–H and O–H groups in total. The molecule has 1 aromatic carbocycles. The molecule has 0 spiro atoms. The summed E-state index contributed by atoms with van der Waals surface area (Å²) in [5.74, 6) is 1.36. The number of para-hydroxylation sites is 1. The number of allylic oxidation sites excluding steroid dienone is 1. The number of nitrogens with zero attached hydrogens (tertiary/aromatic N) is 3. The van der Waals surface area contributed by atoms with Crippen LogP contribution >= 0.6 is 0 Å². The number of pyridine rings is 1. The van der Waals surface area contributed by atoms with Crippen molar-refractivity contribution in [2.75, 3.05) is 18.0 Å². The van der Waals surface area contributed by atoms with E-state index in [-0.39, 0.29) is 11.6 Å². The van der Waals surface area contributed by atoms with Crippen molar-refractivity contribution >= 4 is 11.5 Å². The smallest absolute Gasteiger partial charge is 0.128 e. The molecule has 7 nitrogen and oxygen atoms in total. The monoisotopic (exact) mass is 364 g/mol. The number of rotatable bonds is 4. The maximum Gasteiger partial charge on any atom is 0.128 e. The summed E-state index contributed by atoms with van der Waals surface area (Å²) in [6, 6.07) is 13.6. The molecule has 2 aromatic rings. The molecular weight excluding hydrogens is 340 g/mol. The summed E-state index contributed by atoms with van der Waals surface area (Å²) < 4.78 is 0. The van der Waals surface area contributed by atoms with Crippen LogP contribution in [0.25, 0.3) is 5.70 Å². The second-order valence-electron chi connectivity index (χ2n) is 6.99. The van der Waals surface area contributed by atoms with E-state index in [0.29, 0.717) is 29.0 Å². The van der Waals surface area contributed by atoms with Gasteiger partial charge in [0.1, 0.15) is 17.4 Å². The zero-order valence-electron chi connectivity index (χ0n) is 15.0. The Balaban J connectivity index is 1.57. The molecule has 0 saturated carbocycles. The molecule has 27 heavy (non-hydrogen) atoms. The number of fused-ring (bicyclic) bond motifs is 2. The molecule has 140 valence electrons. The maximum atomic E-state index is 10.0. The highest BCUT2D eigenvalue weighted by Crippen LogP contribution is 2.36. The van der Waals surface area contributed by atoms with Crippen molar-refractivity contribution in [2.45, 2.75) is 18.5 Å². The number of hydrogen-bond acceptors (Lipinski definition) is 7. The second-order valence-corrected chi connectivity index (χ2v) is 6.99. The molecule has 0 radical (unpaired) electrons. The van der Waals surface area contributed by atoms with E-state index in [1.54, 1.807) is 24.3 Å². The van der Waals surface area contributed by atoms with Crippen LogP contribution in [-0.2, 0) is 0 Å². The molecule has 0 aliphatic carbocycles. The fourth-order valence-corrected chi connectivity index (χ4v) is 4.04. The minimum absolute atomic E-state index is 0.130. The molecule has 0 amide bonds. The molecule has 2 saturated heterocycles. The number of aromatic nitrogens is 1. The number of likely N-dealkylation sites (tertiary alicyclic amines) is 1. The zero-order chi connectivity index (χ0) is 19.0. The Morgan fingerprint density at radius 1 is 1.04 bits per heavy atom. The van der Waals surface area contributed by atoms with Crippen molar-refractivity contribution in [2.24, 2.45) is 17.2 Å². The summed E-state index contributed by atoms with van der Waals surface area (Å²) in [6.45, 7) is 1.67. The van der Waals surface area contributed by atoms with Crippen LogP contribution in [0.15, 0.2) is 66.3 Å². The zero-order valence-corrected chi connectivity index (χ0v) is 15.0. The number of benzene rings is 1. The largest absolute Gasteiger partial charge is 0.507 e. The van der Waals surface area contributed by atoms with Gasteiger partial charge >= 0.3 is 0 Å². The molecular formula is C20H24N6O. The predicted molar refractivity (Wildman–Crippen MR) is 106 cm³/mol. The van der Waals surface area contributed by atoms with Gasteiger partial charge in [-0.15, -0.1) is 0 Å². The quantitative estimate of drug-likeness (QED) is 0.601. The molecule has 2 atom stereocenters. The lowest BCUT2D eigenvalue weighted by Gasteiger charge is -2.37. The van der Waals surface area contributed by atoms with Crippen molar-refractivity contribution in [3.8, 4) is 5.75 Å². The summed E-state index contributed by atoms with van der Waals surface area (Å²) >= 11 is 0. The normalized spacial score (nSPS) is 21.6. The van der Waals surface area contributed by atoms with Gasteiger partial charge in [0.25, 0.3) is 0 Å². The lowest BCUT2D eigenvalue weighted by Crippen LogP contribution is -2.47. The molecule has 3 heterocycles. The van der Waals surface area contributed by atoms with Gasteiger partial charge in [-0.25, -0.2) is 4.98 Å². The van der Waals surface area contributed by atoms with Crippen LogP contribution < -0.4 is 22.1 Å². The van der Waals surface area contributed by atoms with Gasteiger partial charge in [-0.05, 0) is 36.8 Å². The van der Waals surface area contributed by atoms with Crippen molar-refractivity contribution < 1.29 is 5.11 Å². The highest BCUT2D eigenvalue weighted by atomic mass is 16.3. The number of piperazine rings is 1. The molecule has 4 rings (SSSR count). The molecule has 2 aliphatic rings. The summed E-state index contributed by atoms with van der Waals surface area (Å²) in [4.78, 5) is 9.02. The Morgan fingerprint density at radius 2 is 1.81 bits per heavy atom. The Morgan fingerprint density at radius 3 is 2.44 bits per heavy atom. The second kappa shape index (κ2) is 6.75. The van der Waals surface area contributed by atoms with E-state index in [1.807, 2.05) is 30.5 Å². The third-order valence-corrected chi connectivity index (χ3v) is 5.30. The van der Waals surface area contributed by atoms with E-state index < -0.39 is 0 Å². The van der Waals surface area contributed by atoms with Crippen LogP contribution in [0.1, 0.15) is 12.0 Å². The van der Waals surface area contributed by atoms with Crippen LogP contribution in [0.4, 0.5) is 5.82 Å². The van der Waals surface area contributed by atoms with Gasteiger partial charge in [-0.1, -0.05) is 18.2 Å². The highest BCUT2D eigenvalue weighted by Gasteiger charge is 2.44. The number of aromatic hydroxyl groups is 1. The lowest BCUT2D eigenvalue weighted by molar-refractivity contribution is 0.306. The Kier molecular flexibility index (Phi) is 4.27. The highest BCUT2D eigenvalue weighted by molar-refractivity contribution is 5.70. The fourth-order valence-electron chi connectivity index (χ4n) is 4.04. The van der Waals surface area contributed by atoms with E-state index in [9.17, 15) is 5.11 Å². The van der Waals surface area contributed by atoms with Crippen LogP contribution in [0.5, 0.6) is 5.75 Å². The number of nitrogens with two attached hydrogens (primary N) is 3. The molecule has 2 aliphatic heterocycles. The standard InChI is InChI=1S/C20H24N6O/c21-16(15-5-1-2-6-18(15)27)10-17(20(22)23)25-11-14-9-13(25)12-26(14)19-7-3-4-8-24-19/h1-8,10,13-14,27H,9,11-12,21-23H2/b16-10-. The SMILES string of the molecule is NC(N)=C(/C=C(\N)c1ccccc1O)N1CC2CC1CN2c1ccccn1. The van der Waals surface area contributed by atoms with E-state index in [1.165, 1.54) is 0 Å². The van der Waals surface area contributed by atoms with Crippen molar-refractivity contribution in [1.82, 2.24) is 9.88 Å². The van der Waals surface area contributed by atoms with Crippen molar-refractivity contribution in [1.29, 1.82) is 0 Å². The third kappa shape index (κ3) is 3.12. The number of hydrogen-bond donors (Lipinski definition) is 4. The Bertz CT molecular complexity index is 890. The van der Waals surface area contributed by atoms with Gasteiger partial charge < -0.3 is 32.1 Å². The van der Waals surface area contributed by atoms with Gasteiger partial charge in [0.2, 0.25) is 0 Å². The summed E-state index contributed by atoms with van der Waals surface area (Å²) in [5, 5.41) is 10.0. The van der Waals surface area contributed by atoms with Crippen molar-refractivity contribution in [3.05, 3.63) is 71.8 Å². The molecule has 1 aromatic heterocycles. The predicted octanol–water partition coefficient (Wildman–Crippen LogP) is 1.14. The minimum atomic E-state index is 0.130. The number of anilines is 1. The van der Waals surface area contributed by atoms with Crippen LogP contribution in [-0.4, -0.2) is 40.2 Å². The molecule has 2 unspecified atom stereocenters. The topological polar surface area (TPSA) is 118 Å². The van der Waals surface area contributed by atoms with E-state index >= 15 is 0 Å². The van der Waals surface area contributed by atoms with Gasteiger partial charge in [0.05, 0.1) is 11.7 Å². The first-order chi connectivity index (χ1) is 13.0. The first-order valence-electron chi connectivity index (χ1n) is 8.99. The van der Waals surface area contributed by atoms with Crippen LogP contribution in [0.2, 0.25) is 0 Å². The summed E-state index contributed by atoms with van der Waals surface area (Å²) in [6.07, 6.45) is 4.60. The number of phenols is 1. The third-order valence-electron chi connectivity index (χ3n) is 5.30. The summed E-state index contributed by atoms with van der Waals surface area (Å²) in [7, 11) is 0. The molecule has 2 bridgehead atoms. The van der Waals surface area contributed by atoms with Gasteiger partial charge in [0, 0.05) is 36.6 Å². The van der Waals surface area contributed by atoms with Crippen LogP contribution in [0.3, 0.4) is 0 Å². The Hall–Kier alpha value is -3.35. The number of phenolic OH excluding ortho intramolecular Hbond substituents is 1. The van der Waals surface area contributed by atoms with E-state index in [2.05, 4.69) is 14.8 Å².